The second-order valence-corrected chi connectivity index (χ2v) is 5.92. The van der Waals surface area contributed by atoms with Crippen LogP contribution in [0.3, 0.4) is 0 Å². The molecule has 0 fully saturated rings. The predicted molar refractivity (Wildman–Crippen MR) is 88.8 cm³/mol. The highest BCUT2D eigenvalue weighted by Crippen LogP contribution is 2.33. The van der Waals surface area contributed by atoms with E-state index in [1.165, 1.54) is 10.7 Å². The summed E-state index contributed by atoms with van der Waals surface area (Å²) in [6.45, 7) is -3.05. The van der Waals surface area contributed by atoms with Crippen LogP contribution in [0, 0.1) is 0 Å². The molecule has 2 aromatic heterocycles. The molecule has 0 N–H and O–H groups in total. The van der Waals surface area contributed by atoms with Crippen molar-refractivity contribution in [2.45, 2.75) is 32.2 Å². The predicted octanol–water partition coefficient (Wildman–Crippen LogP) is 5.22. The largest absolute Gasteiger partial charge is 0.432 e. The fourth-order valence-electron chi connectivity index (χ4n) is 2.46. The number of hydrogen-bond acceptors (Lipinski definition) is 5. The monoisotopic (exact) mass is 422 g/mol. The van der Waals surface area contributed by atoms with Crippen LogP contribution >= 0.6 is 11.6 Å². The van der Waals surface area contributed by atoms with Gasteiger partial charge in [0.25, 0.3) is 0 Å². The molecule has 2 heterocycles. The summed E-state index contributed by atoms with van der Waals surface area (Å²) >= 11 is 6.06. The Hall–Kier alpha value is -2.69. The topological polar surface area (TPSA) is 62.1 Å². The molecule has 0 atom stereocenters. The Balaban J connectivity index is 1.84. The first-order chi connectivity index (χ1) is 13.2. The maximum Gasteiger partial charge on any atom is 0.389 e. The van der Waals surface area contributed by atoms with Crippen LogP contribution in [0.5, 0.6) is 17.5 Å². The minimum absolute atomic E-state index is 0.0366. The molecule has 3 aromatic rings. The van der Waals surface area contributed by atoms with E-state index in [2.05, 4.69) is 19.8 Å². The van der Waals surface area contributed by atoms with Crippen LogP contribution in [-0.4, -0.2) is 32.5 Å². The van der Waals surface area contributed by atoms with Gasteiger partial charge in [0.15, 0.2) is 16.7 Å². The van der Waals surface area contributed by atoms with E-state index < -0.39 is 19.2 Å². The van der Waals surface area contributed by atoms with E-state index in [4.69, 9.17) is 16.3 Å². The van der Waals surface area contributed by atoms with Gasteiger partial charge in [-0.1, -0.05) is 17.7 Å². The summed E-state index contributed by atoms with van der Waals surface area (Å²) in [6, 6.07) is 4.61. The molecule has 28 heavy (non-hydrogen) atoms. The molecule has 0 aliphatic rings. The van der Waals surface area contributed by atoms with Crippen LogP contribution in [0.2, 0.25) is 5.15 Å². The smallest absolute Gasteiger partial charge is 0.389 e. The molecule has 0 saturated carbocycles. The van der Waals surface area contributed by atoms with Gasteiger partial charge in [-0.3, -0.25) is 4.68 Å². The number of fused-ring (bicyclic) bond motifs is 1. The van der Waals surface area contributed by atoms with Crippen molar-refractivity contribution in [1.29, 1.82) is 0 Å². The number of hydrogen-bond donors (Lipinski definition) is 0. The van der Waals surface area contributed by atoms with Crippen molar-refractivity contribution in [3.8, 4) is 17.5 Å². The number of para-hydroxylation sites is 1. The average Bonchev–Trinajstić information content (AvgIpc) is 2.92. The quantitative estimate of drug-likeness (QED) is 0.489. The molecule has 0 bridgehead atoms. The van der Waals surface area contributed by atoms with E-state index in [-0.39, 0.29) is 35.6 Å². The first-order valence-corrected chi connectivity index (χ1v) is 8.27. The number of benzene rings is 1. The van der Waals surface area contributed by atoms with Crippen molar-refractivity contribution >= 4 is 22.5 Å². The Kier molecular flexibility index (Phi) is 5.82. The first kappa shape index (κ1) is 20.1. The molecular weight excluding hydrogens is 411 g/mol. The third-order valence-corrected chi connectivity index (χ3v) is 3.83. The molecule has 0 spiro atoms. The summed E-state index contributed by atoms with van der Waals surface area (Å²) in [5.41, 5.74) is 0.367. The summed E-state index contributed by atoms with van der Waals surface area (Å²) in [5.74, 6) is -0.0489. The van der Waals surface area contributed by atoms with Crippen molar-refractivity contribution in [3.05, 3.63) is 35.7 Å². The van der Waals surface area contributed by atoms with Crippen LogP contribution in [0.4, 0.5) is 22.0 Å². The minimum atomic E-state index is -4.28. The molecule has 0 aliphatic heterocycles. The fraction of sp³-hybridized carbons (Fsp3) is 0.312. The maximum absolute atomic E-state index is 12.4. The van der Waals surface area contributed by atoms with Gasteiger partial charge in [-0.05, 0) is 18.6 Å². The number of nitrogens with zero attached hydrogens (tertiary/aromatic N) is 4. The molecule has 150 valence electrons. The van der Waals surface area contributed by atoms with Gasteiger partial charge in [0.2, 0.25) is 0 Å². The molecule has 12 heteroatoms. The van der Waals surface area contributed by atoms with Gasteiger partial charge in [0.1, 0.15) is 5.52 Å². The molecule has 0 radical (unpaired) electrons. The number of ether oxygens (including phenoxy) is 2. The van der Waals surface area contributed by atoms with Gasteiger partial charge in [-0.2, -0.15) is 37.0 Å². The lowest BCUT2D eigenvalue weighted by Gasteiger charge is -2.10. The molecule has 0 unspecified atom stereocenters. The highest BCUT2D eigenvalue weighted by molar-refractivity contribution is 6.34. The lowest BCUT2D eigenvalue weighted by Crippen LogP contribution is -2.10. The standard InChI is InChI=1S/C16H12ClF5N4O2/c17-13-10-3-1-4-11(12(10)26(25-13)6-2-5-16(20,21)22)28-15-23-7-9(8-24-15)27-14(18)19/h1,3-4,7-8,14H,2,5-6H2. The van der Waals surface area contributed by atoms with Crippen LogP contribution < -0.4 is 9.47 Å². The Morgan fingerprint density at radius 2 is 1.86 bits per heavy atom. The van der Waals surface area contributed by atoms with Gasteiger partial charge in [-0.25, -0.2) is 0 Å². The summed E-state index contributed by atoms with van der Waals surface area (Å²) < 4.78 is 72.5. The van der Waals surface area contributed by atoms with E-state index >= 15 is 0 Å². The first-order valence-electron chi connectivity index (χ1n) is 7.89. The number of aryl methyl sites for hydroxylation is 1. The Morgan fingerprint density at radius 1 is 1.14 bits per heavy atom. The second-order valence-electron chi connectivity index (χ2n) is 5.57. The van der Waals surface area contributed by atoms with Gasteiger partial charge >= 0.3 is 18.8 Å². The maximum atomic E-state index is 12.4. The SMILES string of the molecule is FC(F)Oc1cnc(Oc2cccc3c(Cl)nn(CCCC(F)(F)F)c23)nc1. The Morgan fingerprint density at radius 3 is 2.50 bits per heavy atom. The third-order valence-electron chi connectivity index (χ3n) is 3.55. The van der Waals surface area contributed by atoms with Crippen LogP contribution in [0.1, 0.15) is 12.8 Å². The Bertz CT molecular complexity index is 947. The van der Waals surface area contributed by atoms with Gasteiger partial charge in [0, 0.05) is 18.4 Å². The van der Waals surface area contributed by atoms with Gasteiger partial charge in [-0.15, -0.1) is 0 Å². The van der Waals surface area contributed by atoms with Gasteiger partial charge in [0.05, 0.1) is 12.4 Å². The number of rotatable bonds is 7. The third kappa shape index (κ3) is 4.97. The summed E-state index contributed by atoms with van der Waals surface area (Å²) in [4.78, 5) is 7.52. The van der Waals surface area contributed by atoms with Crippen LogP contribution in [0.25, 0.3) is 10.9 Å². The lowest BCUT2D eigenvalue weighted by atomic mass is 10.2. The van der Waals surface area contributed by atoms with Crippen LogP contribution in [0.15, 0.2) is 30.6 Å². The van der Waals surface area contributed by atoms with Crippen molar-refractivity contribution in [1.82, 2.24) is 19.7 Å². The summed E-state index contributed by atoms with van der Waals surface area (Å²) in [5, 5.41) is 4.63. The van der Waals surface area contributed by atoms with Crippen molar-refractivity contribution in [3.63, 3.8) is 0 Å². The zero-order valence-corrected chi connectivity index (χ0v) is 14.7. The summed E-state index contributed by atoms with van der Waals surface area (Å²) in [7, 11) is 0. The molecule has 0 amide bonds. The van der Waals surface area contributed by atoms with Crippen molar-refractivity contribution < 1.29 is 31.4 Å². The minimum Gasteiger partial charge on any atom is -0.432 e. The fourth-order valence-corrected chi connectivity index (χ4v) is 2.70. The molecule has 0 saturated heterocycles. The number of alkyl halides is 5. The van der Waals surface area contributed by atoms with E-state index in [0.717, 1.165) is 12.4 Å². The van der Waals surface area contributed by atoms with E-state index in [9.17, 15) is 22.0 Å². The molecule has 3 rings (SSSR count). The normalized spacial score (nSPS) is 12.0. The zero-order chi connectivity index (χ0) is 20.3. The highest BCUT2D eigenvalue weighted by Gasteiger charge is 2.26. The zero-order valence-electron chi connectivity index (χ0n) is 14.0. The molecular formula is C16H12ClF5N4O2. The van der Waals surface area contributed by atoms with E-state index in [1.807, 2.05) is 0 Å². The summed E-state index contributed by atoms with van der Waals surface area (Å²) in [6.07, 6.45) is -3.43. The van der Waals surface area contributed by atoms with Crippen LogP contribution in [-0.2, 0) is 6.54 Å². The average molecular weight is 423 g/mol. The van der Waals surface area contributed by atoms with Crippen molar-refractivity contribution in [2.24, 2.45) is 0 Å². The Labute approximate surface area is 159 Å². The second kappa shape index (κ2) is 8.13. The van der Waals surface area contributed by atoms with E-state index in [0.29, 0.717) is 10.9 Å². The van der Waals surface area contributed by atoms with Gasteiger partial charge < -0.3 is 9.47 Å². The molecule has 0 aliphatic carbocycles. The lowest BCUT2D eigenvalue weighted by molar-refractivity contribution is -0.135. The molecule has 1 aromatic carbocycles. The van der Waals surface area contributed by atoms with E-state index in [1.54, 1.807) is 12.1 Å². The molecule has 6 nitrogen and oxygen atoms in total. The number of aromatic nitrogens is 4. The number of halogens is 6. The highest BCUT2D eigenvalue weighted by atomic mass is 35.5. The van der Waals surface area contributed by atoms with Crippen molar-refractivity contribution in [2.75, 3.05) is 0 Å².